The Balaban J connectivity index is 1.61. The number of carbonyl (C=O) groups excluding carboxylic acids is 2. The number of hydrogen-bond acceptors (Lipinski definition) is 5. The van der Waals surface area contributed by atoms with Gasteiger partial charge in [-0.25, -0.2) is 0 Å². The number of nitrogens with zero attached hydrogens (tertiary/aromatic N) is 2. The molecule has 2 aliphatic rings. The van der Waals surface area contributed by atoms with Crippen LogP contribution < -0.4 is 10.1 Å². The lowest BCUT2D eigenvalue weighted by Crippen LogP contribution is -2.46. The maximum atomic E-state index is 12.7. The monoisotopic (exact) mass is 389 g/mol. The molecule has 0 radical (unpaired) electrons. The lowest BCUT2D eigenvalue weighted by Gasteiger charge is -2.36. The maximum Gasteiger partial charge on any atom is 0.223 e. The summed E-state index contributed by atoms with van der Waals surface area (Å²) < 4.78 is 10.8. The zero-order valence-electron chi connectivity index (χ0n) is 16.9. The highest BCUT2D eigenvalue weighted by Crippen LogP contribution is 2.24. The Bertz CT molecular complexity index is 650. The summed E-state index contributed by atoms with van der Waals surface area (Å²) in [6.45, 7) is 6.61. The van der Waals surface area contributed by atoms with Crippen molar-refractivity contribution in [2.24, 2.45) is 5.92 Å². The molecule has 2 saturated heterocycles. The fourth-order valence-electron chi connectivity index (χ4n) is 3.97. The maximum absolute atomic E-state index is 12.7. The van der Waals surface area contributed by atoms with Gasteiger partial charge in [-0.05, 0) is 30.5 Å². The molecule has 0 aliphatic carbocycles. The summed E-state index contributed by atoms with van der Waals surface area (Å²) in [5.41, 5.74) is 1.16. The van der Waals surface area contributed by atoms with Crippen LogP contribution in [0.15, 0.2) is 24.3 Å². The van der Waals surface area contributed by atoms with E-state index in [9.17, 15) is 9.59 Å². The third-order valence-corrected chi connectivity index (χ3v) is 5.77. The molecule has 0 saturated carbocycles. The second-order valence-corrected chi connectivity index (χ2v) is 7.46. The van der Waals surface area contributed by atoms with E-state index in [4.69, 9.17) is 9.47 Å². The summed E-state index contributed by atoms with van der Waals surface area (Å²) in [6, 6.07) is 8.16. The first-order chi connectivity index (χ1) is 13.6. The largest absolute Gasteiger partial charge is 0.497 e. The molecule has 1 N–H and O–H groups in total. The molecule has 0 spiro atoms. The van der Waals surface area contributed by atoms with Crippen molar-refractivity contribution < 1.29 is 19.1 Å². The number of carbonyl (C=O) groups is 2. The SMILES string of the molecule is COc1ccc([C@H](CNC(=O)C2CCN(C(C)=O)CC2)N2CCOCC2)cc1. The van der Waals surface area contributed by atoms with Gasteiger partial charge in [-0.2, -0.15) is 0 Å². The summed E-state index contributed by atoms with van der Waals surface area (Å²) >= 11 is 0. The van der Waals surface area contributed by atoms with Crippen molar-refractivity contribution >= 4 is 11.8 Å². The number of likely N-dealkylation sites (tertiary alicyclic amines) is 1. The third-order valence-electron chi connectivity index (χ3n) is 5.77. The van der Waals surface area contributed by atoms with E-state index in [0.29, 0.717) is 32.8 Å². The second-order valence-electron chi connectivity index (χ2n) is 7.46. The Morgan fingerprint density at radius 1 is 1.14 bits per heavy atom. The van der Waals surface area contributed by atoms with Gasteiger partial charge < -0.3 is 19.7 Å². The number of nitrogens with one attached hydrogen (secondary N) is 1. The van der Waals surface area contributed by atoms with E-state index in [0.717, 1.165) is 37.2 Å². The van der Waals surface area contributed by atoms with Crippen molar-refractivity contribution in [3.63, 3.8) is 0 Å². The Morgan fingerprint density at radius 2 is 1.79 bits per heavy atom. The van der Waals surface area contributed by atoms with E-state index in [1.807, 2.05) is 17.0 Å². The van der Waals surface area contributed by atoms with Gasteiger partial charge in [0, 0.05) is 45.6 Å². The minimum atomic E-state index is -0.0168. The van der Waals surface area contributed by atoms with Crippen LogP contribution in [0.5, 0.6) is 5.75 Å². The van der Waals surface area contributed by atoms with Crippen LogP contribution in [-0.4, -0.2) is 74.7 Å². The number of rotatable bonds is 6. The zero-order chi connectivity index (χ0) is 19.9. The molecule has 7 nitrogen and oxygen atoms in total. The van der Waals surface area contributed by atoms with Gasteiger partial charge in [0.05, 0.1) is 26.4 Å². The van der Waals surface area contributed by atoms with E-state index >= 15 is 0 Å². The number of benzene rings is 1. The van der Waals surface area contributed by atoms with Crippen molar-refractivity contribution in [3.05, 3.63) is 29.8 Å². The summed E-state index contributed by atoms with van der Waals surface area (Å²) in [5.74, 6) is 0.989. The van der Waals surface area contributed by atoms with Gasteiger partial charge in [-0.15, -0.1) is 0 Å². The minimum Gasteiger partial charge on any atom is -0.497 e. The number of piperidine rings is 1. The van der Waals surface area contributed by atoms with Gasteiger partial charge in [0.1, 0.15) is 5.75 Å². The van der Waals surface area contributed by atoms with Crippen LogP contribution in [0.2, 0.25) is 0 Å². The van der Waals surface area contributed by atoms with Crippen LogP contribution in [0.3, 0.4) is 0 Å². The predicted molar refractivity (Wildman–Crippen MR) is 106 cm³/mol. The molecule has 1 aromatic rings. The number of amides is 2. The normalized spacial score (nSPS) is 19.9. The van der Waals surface area contributed by atoms with Gasteiger partial charge in [-0.3, -0.25) is 14.5 Å². The smallest absolute Gasteiger partial charge is 0.223 e. The van der Waals surface area contributed by atoms with Gasteiger partial charge >= 0.3 is 0 Å². The first-order valence-electron chi connectivity index (χ1n) is 10.1. The zero-order valence-corrected chi connectivity index (χ0v) is 16.9. The summed E-state index contributed by atoms with van der Waals surface area (Å²) in [7, 11) is 1.66. The average Bonchev–Trinajstić information content (AvgIpc) is 2.75. The average molecular weight is 389 g/mol. The van der Waals surface area contributed by atoms with E-state index in [2.05, 4.69) is 22.3 Å². The van der Waals surface area contributed by atoms with Crippen LogP contribution >= 0.6 is 0 Å². The standard InChI is InChI=1S/C21H31N3O4/c1-16(25)23-9-7-18(8-10-23)21(26)22-15-20(24-11-13-28-14-12-24)17-3-5-19(27-2)6-4-17/h3-6,18,20H,7-15H2,1-2H3,(H,22,26)/t20-/m0/s1. The number of ether oxygens (including phenoxy) is 2. The Hall–Kier alpha value is -2.12. The van der Waals surface area contributed by atoms with Crippen molar-refractivity contribution in [1.82, 2.24) is 15.1 Å². The minimum absolute atomic E-state index is 0.0168. The van der Waals surface area contributed by atoms with Crippen molar-refractivity contribution in [1.29, 1.82) is 0 Å². The quantitative estimate of drug-likeness (QED) is 0.797. The highest BCUT2D eigenvalue weighted by Gasteiger charge is 2.28. The second kappa shape index (κ2) is 9.89. The molecule has 7 heteroatoms. The topological polar surface area (TPSA) is 71.1 Å². The molecule has 2 heterocycles. The lowest BCUT2D eigenvalue weighted by atomic mass is 9.95. The molecule has 28 heavy (non-hydrogen) atoms. The van der Waals surface area contributed by atoms with Crippen LogP contribution in [0.25, 0.3) is 0 Å². The van der Waals surface area contributed by atoms with Crippen LogP contribution in [-0.2, 0) is 14.3 Å². The molecule has 0 bridgehead atoms. The number of hydrogen-bond donors (Lipinski definition) is 1. The molecule has 1 aromatic carbocycles. The molecule has 1 atom stereocenters. The fraction of sp³-hybridized carbons (Fsp3) is 0.619. The first kappa shape index (κ1) is 20.6. The van der Waals surface area contributed by atoms with Gasteiger partial charge in [0.2, 0.25) is 11.8 Å². The van der Waals surface area contributed by atoms with Crippen LogP contribution in [0.1, 0.15) is 31.4 Å². The summed E-state index contributed by atoms with van der Waals surface area (Å²) in [5, 5.41) is 3.16. The number of methoxy groups -OCH3 is 1. The Kier molecular flexibility index (Phi) is 7.28. The highest BCUT2D eigenvalue weighted by molar-refractivity contribution is 5.79. The molecular weight excluding hydrogens is 358 g/mol. The third kappa shape index (κ3) is 5.23. The van der Waals surface area contributed by atoms with Crippen molar-refractivity contribution in [2.75, 3.05) is 53.0 Å². The molecule has 2 aliphatic heterocycles. The molecular formula is C21H31N3O4. The van der Waals surface area contributed by atoms with Gasteiger partial charge in [0.15, 0.2) is 0 Å². The van der Waals surface area contributed by atoms with Crippen molar-refractivity contribution in [3.8, 4) is 5.75 Å². The summed E-state index contributed by atoms with van der Waals surface area (Å²) in [6.07, 6.45) is 1.46. The van der Waals surface area contributed by atoms with Crippen molar-refractivity contribution in [2.45, 2.75) is 25.8 Å². The van der Waals surface area contributed by atoms with Crippen LogP contribution in [0, 0.1) is 5.92 Å². The highest BCUT2D eigenvalue weighted by atomic mass is 16.5. The molecule has 0 unspecified atom stereocenters. The summed E-state index contributed by atoms with van der Waals surface area (Å²) in [4.78, 5) is 28.4. The molecule has 2 amide bonds. The van der Waals surface area contributed by atoms with Gasteiger partial charge in [0.25, 0.3) is 0 Å². The van der Waals surface area contributed by atoms with E-state index in [1.165, 1.54) is 0 Å². The molecule has 2 fully saturated rings. The molecule has 0 aromatic heterocycles. The lowest BCUT2D eigenvalue weighted by molar-refractivity contribution is -0.134. The molecule has 154 valence electrons. The predicted octanol–water partition coefficient (Wildman–Crippen LogP) is 1.44. The van der Waals surface area contributed by atoms with E-state index in [1.54, 1.807) is 14.0 Å². The van der Waals surface area contributed by atoms with Crippen LogP contribution in [0.4, 0.5) is 0 Å². The first-order valence-corrected chi connectivity index (χ1v) is 10.1. The Labute approximate surface area is 167 Å². The van der Waals surface area contributed by atoms with E-state index in [-0.39, 0.29) is 23.8 Å². The van der Waals surface area contributed by atoms with Gasteiger partial charge in [-0.1, -0.05) is 12.1 Å². The Morgan fingerprint density at radius 3 is 2.36 bits per heavy atom. The number of morpholine rings is 1. The fourth-order valence-corrected chi connectivity index (χ4v) is 3.97. The van der Waals surface area contributed by atoms with E-state index < -0.39 is 0 Å². The molecule has 3 rings (SSSR count).